The van der Waals surface area contributed by atoms with Gasteiger partial charge in [0.05, 0.1) is 5.41 Å². The summed E-state index contributed by atoms with van der Waals surface area (Å²) in [6, 6.07) is 96.1. The molecule has 1 aromatic heterocycles. The minimum absolute atomic E-state index is 0.452. The van der Waals surface area contributed by atoms with Crippen molar-refractivity contribution in [2.24, 2.45) is 0 Å². The summed E-state index contributed by atoms with van der Waals surface area (Å²) < 4.78 is 6.57. The first-order chi connectivity index (χ1) is 35.2. The maximum absolute atomic E-state index is 6.57. The third-order valence-corrected chi connectivity index (χ3v) is 15.5. The second-order valence-corrected chi connectivity index (χ2v) is 19.1. The summed E-state index contributed by atoms with van der Waals surface area (Å²) in [4.78, 5) is 2.43. The molecule has 1 spiro atoms. The number of hydrogen-bond acceptors (Lipinski definition) is 2. The third kappa shape index (κ3) is 5.89. The predicted molar refractivity (Wildman–Crippen MR) is 296 cm³/mol. The van der Waals surface area contributed by atoms with Crippen molar-refractivity contribution in [3.63, 3.8) is 0 Å². The van der Waals surface area contributed by atoms with Crippen LogP contribution in [0.4, 0.5) is 17.1 Å². The fourth-order valence-electron chi connectivity index (χ4n) is 12.3. The van der Waals surface area contributed by atoms with Crippen LogP contribution in [-0.4, -0.2) is 0 Å². The maximum Gasteiger partial charge on any atom is 0.143 e. The van der Waals surface area contributed by atoms with E-state index >= 15 is 0 Å². The highest BCUT2D eigenvalue weighted by molar-refractivity contribution is 6.11. The molecule has 0 saturated heterocycles. The molecule has 0 saturated carbocycles. The van der Waals surface area contributed by atoms with Gasteiger partial charge in [-0.25, -0.2) is 0 Å². The highest BCUT2D eigenvalue weighted by Crippen LogP contribution is 2.63. The van der Waals surface area contributed by atoms with Crippen LogP contribution in [-0.2, 0) is 5.41 Å². The SMILES string of the molecule is c1ccc(-c2cccc3c2oc2ccc(-c4ccc(N(c5ccc(-c6ccc7ccc8ccccc8c7c6)cc5)c5ccc6c(c5)C5(c7ccccc7-c7ccccc75)c5ccccc5-6)cc4)cc23)cc1. The van der Waals surface area contributed by atoms with E-state index in [1.54, 1.807) is 0 Å². The molecular weight excluding hydrogens is 859 g/mol. The summed E-state index contributed by atoms with van der Waals surface area (Å²) in [6.07, 6.45) is 0. The topological polar surface area (TPSA) is 16.4 Å². The van der Waals surface area contributed by atoms with Gasteiger partial charge >= 0.3 is 0 Å². The smallest absolute Gasteiger partial charge is 0.143 e. The number of furan rings is 1. The van der Waals surface area contributed by atoms with E-state index in [1.807, 2.05) is 0 Å². The summed E-state index contributed by atoms with van der Waals surface area (Å²) >= 11 is 0. The van der Waals surface area contributed by atoms with Gasteiger partial charge in [0.2, 0.25) is 0 Å². The van der Waals surface area contributed by atoms with Crippen LogP contribution in [0.3, 0.4) is 0 Å². The standard InChI is InChI=1S/C69H43NO/c1-2-13-46(14-3-1)55-20-12-21-60-62-42-50(33-40-67(62)71-68(55)60)45-31-36-52(37-32-45)70(51-34-29-44(30-35-51)49-28-27-48-26-25-47-15-4-5-16-54(47)61(48)41-49)53-38-39-59-58-19-8-11-24-65(58)69(66(59)43-53)63-22-9-6-17-56(63)57-18-7-10-23-64(57)69/h1-43H. The van der Waals surface area contributed by atoms with Gasteiger partial charge < -0.3 is 9.32 Å². The summed E-state index contributed by atoms with van der Waals surface area (Å²) in [7, 11) is 0. The van der Waals surface area contributed by atoms with Crippen molar-refractivity contribution in [2.45, 2.75) is 5.41 Å². The molecule has 2 nitrogen and oxygen atoms in total. The minimum Gasteiger partial charge on any atom is -0.455 e. The van der Waals surface area contributed by atoms with Crippen molar-refractivity contribution in [1.29, 1.82) is 0 Å². The highest BCUT2D eigenvalue weighted by Gasteiger charge is 2.51. The quantitative estimate of drug-likeness (QED) is 0.155. The molecule has 2 aliphatic carbocycles. The van der Waals surface area contributed by atoms with Gasteiger partial charge in [0.15, 0.2) is 0 Å². The number of para-hydroxylation sites is 1. The third-order valence-electron chi connectivity index (χ3n) is 15.5. The average molecular weight is 902 g/mol. The Balaban J connectivity index is 0.877. The van der Waals surface area contributed by atoms with Gasteiger partial charge in [-0.15, -0.1) is 0 Å². The minimum atomic E-state index is -0.452. The summed E-state index contributed by atoms with van der Waals surface area (Å²) in [6.45, 7) is 0. The lowest BCUT2D eigenvalue weighted by Gasteiger charge is -2.32. The van der Waals surface area contributed by atoms with Crippen molar-refractivity contribution in [1.82, 2.24) is 0 Å². The Bertz CT molecular complexity index is 4210. The van der Waals surface area contributed by atoms with Crippen molar-refractivity contribution in [3.05, 3.63) is 283 Å². The molecular formula is C69H43NO. The molecule has 2 heteroatoms. The van der Waals surface area contributed by atoms with E-state index in [0.717, 1.165) is 61.3 Å². The molecule has 0 radical (unpaired) electrons. The van der Waals surface area contributed by atoms with E-state index in [9.17, 15) is 0 Å². The molecule has 0 atom stereocenters. The molecule has 12 aromatic carbocycles. The van der Waals surface area contributed by atoms with Gasteiger partial charge in [-0.1, -0.05) is 206 Å². The monoisotopic (exact) mass is 901 g/mol. The lowest BCUT2D eigenvalue weighted by atomic mass is 9.70. The van der Waals surface area contributed by atoms with Crippen molar-refractivity contribution in [2.75, 3.05) is 4.90 Å². The van der Waals surface area contributed by atoms with Crippen molar-refractivity contribution < 1.29 is 4.42 Å². The van der Waals surface area contributed by atoms with Crippen molar-refractivity contribution in [3.8, 4) is 55.6 Å². The van der Waals surface area contributed by atoms with Crippen LogP contribution in [0.15, 0.2) is 265 Å². The molecule has 2 aliphatic rings. The van der Waals surface area contributed by atoms with Crippen LogP contribution in [0.25, 0.3) is 99.1 Å². The van der Waals surface area contributed by atoms with E-state index in [2.05, 4.69) is 266 Å². The Labute approximate surface area is 412 Å². The average Bonchev–Trinajstić information content (AvgIpc) is 4.08. The molecule has 71 heavy (non-hydrogen) atoms. The van der Waals surface area contributed by atoms with Crippen LogP contribution in [0.2, 0.25) is 0 Å². The number of nitrogens with zero attached hydrogens (tertiary/aromatic N) is 1. The Hall–Kier alpha value is -9.24. The van der Waals surface area contributed by atoms with Gasteiger partial charge in [-0.3, -0.25) is 0 Å². The summed E-state index contributed by atoms with van der Waals surface area (Å²) in [5, 5.41) is 7.28. The van der Waals surface area contributed by atoms with Crippen LogP contribution < -0.4 is 4.90 Å². The maximum atomic E-state index is 6.57. The van der Waals surface area contributed by atoms with Gasteiger partial charge in [0.25, 0.3) is 0 Å². The molecule has 0 aliphatic heterocycles. The largest absolute Gasteiger partial charge is 0.455 e. The van der Waals surface area contributed by atoms with Crippen LogP contribution in [0.1, 0.15) is 22.3 Å². The van der Waals surface area contributed by atoms with Gasteiger partial charge in [-0.05, 0) is 148 Å². The number of anilines is 3. The zero-order valence-electron chi connectivity index (χ0n) is 38.7. The lowest BCUT2D eigenvalue weighted by molar-refractivity contribution is 0.670. The van der Waals surface area contributed by atoms with Gasteiger partial charge in [-0.2, -0.15) is 0 Å². The molecule has 0 amide bonds. The van der Waals surface area contributed by atoms with Gasteiger partial charge in [0.1, 0.15) is 11.2 Å². The first-order valence-corrected chi connectivity index (χ1v) is 24.6. The van der Waals surface area contributed by atoms with Crippen LogP contribution in [0.5, 0.6) is 0 Å². The van der Waals surface area contributed by atoms with E-state index in [0.29, 0.717) is 0 Å². The van der Waals surface area contributed by atoms with E-state index in [4.69, 9.17) is 4.42 Å². The summed E-state index contributed by atoms with van der Waals surface area (Å²) in [5.41, 5.74) is 22.1. The number of fused-ring (bicyclic) bond motifs is 16. The second kappa shape index (κ2) is 15.4. The zero-order chi connectivity index (χ0) is 46.6. The fraction of sp³-hybridized carbons (Fsp3) is 0.0145. The molecule has 13 aromatic rings. The molecule has 0 bridgehead atoms. The molecule has 0 N–H and O–H groups in total. The predicted octanol–water partition coefficient (Wildman–Crippen LogP) is 18.7. The summed E-state index contributed by atoms with van der Waals surface area (Å²) in [5.74, 6) is 0. The fourth-order valence-corrected chi connectivity index (χ4v) is 12.3. The Kier molecular flexibility index (Phi) is 8.61. The first-order valence-electron chi connectivity index (χ1n) is 24.6. The lowest BCUT2D eigenvalue weighted by Crippen LogP contribution is -2.26. The van der Waals surface area contributed by atoms with E-state index in [-0.39, 0.29) is 0 Å². The molecule has 0 fully saturated rings. The second-order valence-electron chi connectivity index (χ2n) is 19.1. The van der Waals surface area contributed by atoms with Crippen molar-refractivity contribution >= 4 is 60.5 Å². The number of hydrogen-bond donors (Lipinski definition) is 0. The van der Waals surface area contributed by atoms with Crippen LogP contribution >= 0.6 is 0 Å². The number of rotatable bonds is 6. The Morgan fingerprint density at radius 1 is 0.268 bits per heavy atom. The molecule has 0 unspecified atom stereocenters. The Morgan fingerprint density at radius 3 is 1.41 bits per heavy atom. The van der Waals surface area contributed by atoms with Gasteiger partial charge in [0, 0.05) is 33.4 Å². The molecule has 330 valence electrons. The molecule has 1 heterocycles. The normalized spacial score (nSPS) is 12.9. The first kappa shape index (κ1) is 39.7. The van der Waals surface area contributed by atoms with E-state index in [1.165, 1.54) is 77.2 Å². The zero-order valence-corrected chi connectivity index (χ0v) is 38.7. The van der Waals surface area contributed by atoms with E-state index < -0.39 is 5.41 Å². The highest BCUT2D eigenvalue weighted by atomic mass is 16.3. The van der Waals surface area contributed by atoms with Crippen LogP contribution in [0, 0.1) is 0 Å². The molecule has 15 rings (SSSR count). The number of benzene rings is 12. The Morgan fingerprint density at radius 2 is 0.746 bits per heavy atom.